The Morgan fingerprint density at radius 2 is 1.77 bits per heavy atom. The Labute approximate surface area is 160 Å². The minimum Gasteiger partial charge on any atom is -0.325 e. The zero-order valence-corrected chi connectivity index (χ0v) is 16.4. The van der Waals surface area contributed by atoms with Crippen molar-refractivity contribution in [1.82, 2.24) is 0 Å². The van der Waals surface area contributed by atoms with Crippen molar-refractivity contribution < 1.29 is 9.59 Å². The lowest BCUT2D eigenvalue weighted by molar-refractivity contribution is -0.116. The highest BCUT2D eigenvalue weighted by Crippen LogP contribution is 2.17. The molecule has 0 aliphatic rings. The summed E-state index contributed by atoms with van der Waals surface area (Å²) in [6.45, 7) is 6.67. The largest absolute Gasteiger partial charge is 0.325 e. The number of anilines is 2. The molecule has 138 valence electrons. The lowest BCUT2D eigenvalue weighted by atomic mass is 10.1. The van der Waals surface area contributed by atoms with Crippen LogP contribution in [-0.2, 0) is 16.0 Å². The van der Waals surface area contributed by atoms with Gasteiger partial charge in [-0.2, -0.15) is 0 Å². The number of carbonyl (C=O) groups is 2. The molecule has 0 saturated heterocycles. The highest BCUT2D eigenvalue weighted by molar-refractivity contribution is 8.00. The number of nitrogens with zero attached hydrogens (tertiary/aromatic N) is 1. The van der Waals surface area contributed by atoms with Crippen LogP contribution in [0.4, 0.5) is 11.4 Å². The molecule has 0 bridgehead atoms. The first-order valence-electron chi connectivity index (χ1n) is 8.87. The van der Waals surface area contributed by atoms with E-state index in [9.17, 15) is 9.59 Å². The van der Waals surface area contributed by atoms with Gasteiger partial charge < -0.3 is 10.2 Å². The van der Waals surface area contributed by atoms with Crippen molar-refractivity contribution in [2.75, 3.05) is 28.3 Å². The van der Waals surface area contributed by atoms with Crippen LogP contribution in [0, 0.1) is 6.92 Å². The maximum Gasteiger partial charge on any atom is 0.236 e. The van der Waals surface area contributed by atoms with Crippen LogP contribution in [0.15, 0.2) is 48.5 Å². The van der Waals surface area contributed by atoms with Crippen molar-refractivity contribution in [3.8, 4) is 0 Å². The van der Waals surface area contributed by atoms with E-state index in [1.165, 1.54) is 17.3 Å². The van der Waals surface area contributed by atoms with Crippen LogP contribution < -0.4 is 10.2 Å². The maximum absolute atomic E-state index is 12.5. The first-order valence-corrected chi connectivity index (χ1v) is 10.0. The van der Waals surface area contributed by atoms with Gasteiger partial charge in [-0.1, -0.05) is 31.2 Å². The van der Waals surface area contributed by atoms with Gasteiger partial charge in [-0.15, -0.1) is 11.8 Å². The summed E-state index contributed by atoms with van der Waals surface area (Å²) in [5.74, 6) is 0.463. The highest BCUT2D eigenvalue weighted by atomic mass is 32.2. The fourth-order valence-electron chi connectivity index (χ4n) is 2.63. The summed E-state index contributed by atoms with van der Waals surface area (Å²) in [5, 5.41) is 2.86. The zero-order valence-electron chi connectivity index (χ0n) is 15.6. The van der Waals surface area contributed by atoms with Crippen LogP contribution >= 0.6 is 11.8 Å². The van der Waals surface area contributed by atoms with Crippen LogP contribution in [-0.4, -0.2) is 29.9 Å². The van der Waals surface area contributed by atoms with Crippen LogP contribution in [0.2, 0.25) is 0 Å². The molecular formula is C21H26N2O2S. The van der Waals surface area contributed by atoms with Crippen LogP contribution in [0.3, 0.4) is 0 Å². The Bertz CT molecular complexity index is 744. The molecule has 0 aromatic heterocycles. The van der Waals surface area contributed by atoms with Crippen LogP contribution in [0.5, 0.6) is 0 Å². The van der Waals surface area contributed by atoms with E-state index in [2.05, 4.69) is 12.2 Å². The van der Waals surface area contributed by atoms with Gasteiger partial charge >= 0.3 is 0 Å². The molecule has 0 radical (unpaired) electrons. The average Bonchev–Trinajstić information content (AvgIpc) is 2.63. The van der Waals surface area contributed by atoms with E-state index in [0.717, 1.165) is 23.4 Å². The summed E-state index contributed by atoms with van der Waals surface area (Å²) in [4.78, 5) is 26.3. The molecule has 2 aromatic rings. The number of hydrogen-bond donors (Lipinski definition) is 1. The van der Waals surface area contributed by atoms with Gasteiger partial charge in [0.1, 0.15) is 0 Å². The van der Waals surface area contributed by atoms with Crippen LogP contribution in [0.1, 0.15) is 25.0 Å². The van der Waals surface area contributed by atoms with Crippen molar-refractivity contribution in [2.45, 2.75) is 27.2 Å². The Balaban J connectivity index is 1.81. The summed E-state index contributed by atoms with van der Waals surface area (Å²) >= 11 is 1.34. The molecule has 0 aliphatic carbocycles. The summed E-state index contributed by atoms with van der Waals surface area (Å²) in [6.07, 6.45) is 0.973. The number of carbonyl (C=O) groups excluding carboxylic acids is 2. The van der Waals surface area contributed by atoms with Gasteiger partial charge in [-0.3, -0.25) is 9.59 Å². The SMILES string of the molecule is CCc1ccc(NC(=O)CSCC(=O)N(CC)c2cccc(C)c2)cc1. The van der Waals surface area contributed by atoms with E-state index >= 15 is 0 Å². The van der Waals surface area contributed by atoms with E-state index in [1.54, 1.807) is 4.90 Å². The number of benzene rings is 2. The minimum atomic E-state index is -0.0920. The smallest absolute Gasteiger partial charge is 0.236 e. The zero-order chi connectivity index (χ0) is 18.9. The lowest BCUT2D eigenvalue weighted by Crippen LogP contribution is -2.32. The van der Waals surface area contributed by atoms with E-state index < -0.39 is 0 Å². The van der Waals surface area contributed by atoms with Gasteiger partial charge in [-0.25, -0.2) is 0 Å². The van der Waals surface area contributed by atoms with E-state index in [0.29, 0.717) is 6.54 Å². The van der Waals surface area contributed by atoms with Gasteiger partial charge in [0, 0.05) is 17.9 Å². The van der Waals surface area contributed by atoms with Crippen molar-refractivity contribution in [3.63, 3.8) is 0 Å². The first-order chi connectivity index (χ1) is 12.5. The summed E-state index contributed by atoms with van der Waals surface area (Å²) < 4.78 is 0. The normalized spacial score (nSPS) is 10.4. The number of nitrogens with one attached hydrogen (secondary N) is 1. The molecule has 0 unspecified atom stereocenters. The van der Waals surface area contributed by atoms with Crippen molar-refractivity contribution in [3.05, 3.63) is 59.7 Å². The molecule has 26 heavy (non-hydrogen) atoms. The molecule has 0 fully saturated rings. The highest BCUT2D eigenvalue weighted by Gasteiger charge is 2.14. The van der Waals surface area contributed by atoms with Gasteiger partial charge in [-0.05, 0) is 55.7 Å². The third kappa shape index (κ3) is 5.92. The average molecular weight is 371 g/mol. The third-order valence-electron chi connectivity index (χ3n) is 4.04. The van der Waals surface area contributed by atoms with Gasteiger partial charge in [0.05, 0.1) is 11.5 Å². The Morgan fingerprint density at radius 3 is 2.38 bits per heavy atom. The van der Waals surface area contributed by atoms with Gasteiger partial charge in [0.15, 0.2) is 0 Å². The maximum atomic E-state index is 12.5. The minimum absolute atomic E-state index is 0.0169. The number of thioether (sulfide) groups is 1. The number of amides is 2. The predicted octanol–water partition coefficient (Wildman–Crippen LogP) is 4.28. The molecule has 5 heteroatoms. The topological polar surface area (TPSA) is 49.4 Å². The fraction of sp³-hybridized carbons (Fsp3) is 0.333. The number of aryl methyl sites for hydroxylation is 2. The Hall–Kier alpha value is -2.27. The molecule has 4 nitrogen and oxygen atoms in total. The summed E-state index contributed by atoms with van der Waals surface area (Å²) in [6, 6.07) is 15.7. The van der Waals surface area contributed by atoms with Gasteiger partial charge in [0.25, 0.3) is 0 Å². The molecular weight excluding hydrogens is 344 g/mol. The first kappa shape index (κ1) is 20.0. The summed E-state index contributed by atoms with van der Waals surface area (Å²) in [7, 11) is 0. The van der Waals surface area contributed by atoms with Gasteiger partial charge in [0.2, 0.25) is 11.8 Å². The Kier molecular flexibility index (Phi) is 7.73. The molecule has 0 spiro atoms. The quantitative estimate of drug-likeness (QED) is 0.754. The summed E-state index contributed by atoms with van der Waals surface area (Å²) in [5.41, 5.74) is 4.04. The lowest BCUT2D eigenvalue weighted by Gasteiger charge is -2.21. The molecule has 1 N–H and O–H groups in total. The molecule has 0 saturated carbocycles. The second-order valence-electron chi connectivity index (χ2n) is 6.07. The molecule has 2 amide bonds. The monoisotopic (exact) mass is 370 g/mol. The molecule has 2 aromatic carbocycles. The van der Waals surface area contributed by atoms with Crippen molar-refractivity contribution in [1.29, 1.82) is 0 Å². The van der Waals surface area contributed by atoms with Crippen LogP contribution in [0.25, 0.3) is 0 Å². The second kappa shape index (κ2) is 10.0. The fourth-order valence-corrected chi connectivity index (χ4v) is 3.32. The second-order valence-corrected chi connectivity index (χ2v) is 7.05. The standard InChI is InChI=1S/C21H26N2O2S/c1-4-17-9-11-18(12-10-17)22-20(24)14-26-15-21(25)23(5-2)19-8-6-7-16(3)13-19/h6-13H,4-5,14-15H2,1-3H3,(H,22,24). The predicted molar refractivity (Wildman–Crippen MR) is 111 cm³/mol. The van der Waals surface area contributed by atoms with Crippen molar-refractivity contribution >= 4 is 35.0 Å². The molecule has 0 atom stereocenters. The molecule has 0 aliphatic heterocycles. The Morgan fingerprint density at radius 1 is 1.04 bits per heavy atom. The van der Waals surface area contributed by atoms with Crippen molar-refractivity contribution in [2.24, 2.45) is 0 Å². The third-order valence-corrected chi connectivity index (χ3v) is 4.95. The number of rotatable bonds is 8. The number of hydrogen-bond acceptors (Lipinski definition) is 3. The molecule has 0 heterocycles. The van der Waals surface area contributed by atoms with E-state index in [4.69, 9.17) is 0 Å². The van der Waals surface area contributed by atoms with E-state index in [-0.39, 0.29) is 23.3 Å². The van der Waals surface area contributed by atoms with E-state index in [1.807, 2.05) is 62.4 Å². The molecule has 2 rings (SSSR count).